The van der Waals surface area contributed by atoms with E-state index in [1.165, 1.54) is 0 Å². The van der Waals surface area contributed by atoms with Gasteiger partial charge in [-0.05, 0) is 24.8 Å². The van der Waals surface area contributed by atoms with Gasteiger partial charge in [0.2, 0.25) is 5.91 Å². The third-order valence-electron chi connectivity index (χ3n) is 4.69. The van der Waals surface area contributed by atoms with Crippen LogP contribution < -0.4 is 5.73 Å². The van der Waals surface area contributed by atoms with Crippen LogP contribution in [0.15, 0.2) is 24.3 Å². The molecule has 0 aromatic heterocycles. The number of halogens is 1. The molecule has 1 aromatic carbocycles. The Morgan fingerprint density at radius 2 is 2.00 bits per heavy atom. The summed E-state index contributed by atoms with van der Waals surface area (Å²) >= 11 is 6.25. The first-order valence-corrected chi connectivity index (χ1v) is 8.52. The lowest BCUT2D eigenvalue weighted by Gasteiger charge is -2.37. The summed E-state index contributed by atoms with van der Waals surface area (Å²) in [6, 6.07) is 7.15. The smallest absolute Gasteiger partial charge is 0.239 e. The first kappa shape index (κ1) is 16.7. The summed E-state index contributed by atoms with van der Waals surface area (Å²) in [5, 5.41) is 0.667. The lowest BCUT2D eigenvalue weighted by molar-refractivity contribution is -0.142. The van der Waals surface area contributed by atoms with Gasteiger partial charge in [-0.2, -0.15) is 0 Å². The van der Waals surface area contributed by atoms with Crippen molar-refractivity contribution in [2.24, 2.45) is 11.7 Å². The summed E-state index contributed by atoms with van der Waals surface area (Å²) in [5.41, 5.74) is 7.15. The number of carbonyl (C=O) groups excluding carboxylic acids is 1. The Kier molecular flexibility index (Phi) is 5.54. The minimum absolute atomic E-state index is 0.0113. The normalized spacial score (nSPS) is 24.4. The van der Waals surface area contributed by atoms with Crippen LogP contribution in [0.5, 0.6) is 0 Å². The molecule has 3 rings (SSSR count). The largest absolute Gasteiger partial charge is 0.381 e. The number of benzene rings is 1. The van der Waals surface area contributed by atoms with Gasteiger partial charge in [-0.25, -0.2) is 0 Å². The van der Waals surface area contributed by atoms with Crippen LogP contribution in [0.2, 0.25) is 5.02 Å². The first-order valence-electron chi connectivity index (χ1n) is 8.15. The van der Waals surface area contributed by atoms with Crippen LogP contribution in [0.25, 0.3) is 0 Å². The second kappa shape index (κ2) is 7.62. The van der Waals surface area contributed by atoms with Gasteiger partial charge in [-0.3, -0.25) is 4.79 Å². The Hall–Kier alpha value is -1.14. The standard InChI is InChI=1S/C17H23ClN2O3/c18-14-4-2-1-3-13(14)15-11-20(7-10-23-15)17(21)16(19)12-5-8-22-9-6-12/h1-4,12,15-16H,5-11,19H2. The average molecular weight is 339 g/mol. The van der Waals surface area contributed by atoms with E-state index in [4.69, 9.17) is 26.8 Å². The first-order chi connectivity index (χ1) is 11.2. The van der Waals surface area contributed by atoms with Crippen molar-refractivity contribution >= 4 is 17.5 Å². The fourth-order valence-corrected chi connectivity index (χ4v) is 3.52. The molecule has 2 unspecified atom stereocenters. The third-order valence-corrected chi connectivity index (χ3v) is 5.03. The number of nitrogens with zero attached hydrogens (tertiary/aromatic N) is 1. The topological polar surface area (TPSA) is 64.8 Å². The summed E-state index contributed by atoms with van der Waals surface area (Å²) in [4.78, 5) is 14.5. The number of carbonyl (C=O) groups is 1. The quantitative estimate of drug-likeness (QED) is 0.915. The van der Waals surface area contributed by atoms with Gasteiger partial charge in [0.05, 0.1) is 19.2 Å². The van der Waals surface area contributed by atoms with Gasteiger partial charge in [-0.15, -0.1) is 0 Å². The van der Waals surface area contributed by atoms with Gasteiger partial charge in [0.25, 0.3) is 0 Å². The van der Waals surface area contributed by atoms with E-state index in [1.54, 1.807) is 0 Å². The molecule has 2 aliphatic rings. The fourth-order valence-electron chi connectivity index (χ4n) is 3.26. The SMILES string of the molecule is NC(C(=O)N1CCOC(c2ccccc2Cl)C1)C1CCOCC1. The molecule has 0 radical (unpaired) electrons. The van der Waals surface area contributed by atoms with E-state index in [1.807, 2.05) is 29.2 Å². The van der Waals surface area contributed by atoms with E-state index in [2.05, 4.69) is 0 Å². The predicted octanol–water partition coefficient (Wildman–Crippen LogP) is 1.99. The highest BCUT2D eigenvalue weighted by molar-refractivity contribution is 6.31. The van der Waals surface area contributed by atoms with Crippen molar-refractivity contribution in [3.63, 3.8) is 0 Å². The molecule has 0 saturated carbocycles. The Balaban J connectivity index is 1.66. The number of amides is 1. The number of nitrogens with two attached hydrogens (primary N) is 1. The number of ether oxygens (including phenoxy) is 2. The van der Waals surface area contributed by atoms with Crippen molar-refractivity contribution in [1.82, 2.24) is 4.90 Å². The average Bonchev–Trinajstić information content (AvgIpc) is 2.62. The lowest BCUT2D eigenvalue weighted by Crippen LogP contribution is -2.52. The van der Waals surface area contributed by atoms with Crippen LogP contribution in [0.3, 0.4) is 0 Å². The van der Waals surface area contributed by atoms with E-state index in [9.17, 15) is 4.79 Å². The molecular weight excluding hydrogens is 316 g/mol. The molecule has 1 aromatic rings. The van der Waals surface area contributed by atoms with Crippen molar-refractivity contribution in [2.75, 3.05) is 32.9 Å². The highest BCUT2D eigenvalue weighted by Gasteiger charge is 2.33. The second-order valence-electron chi connectivity index (χ2n) is 6.14. The Morgan fingerprint density at radius 1 is 1.26 bits per heavy atom. The Morgan fingerprint density at radius 3 is 2.74 bits per heavy atom. The van der Waals surface area contributed by atoms with Crippen LogP contribution >= 0.6 is 11.6 Å². The summed E-state index contributed by atoms with van der Waals surface area (Å²) < 4.78 is 11.2. The zero-order valence-electron chi connectivity index (χ0n) is 13.1. The molecule has 0 aliphatic carbocycles. The maximum atomic E-state index is 12.7. The van der Waals surface area contributed by atoms with Gasteiger partial charge in [-0.1, -0.05) is 29.8 Å². The molecule has 2 heterocycles. The Labute approximate surface area is 141 Å². The molecule has 1 amide bonds. The summed E-state index contributed by atoms with van der Waals surface area (Å²) in [6.07, 6.45) is 1.51. The lowest BCUT2D eigenvalue weighted by atomic mass is 9.91. The number of hydrogen-bond donors (Lipinski definition) is 1. The van der Waals surface area contributed by atoms with Crippen molar-refractivity contribution in [2.45, 2.75) is 25.0 Å². The van der Waals surface area contributed by atoms with Crippen LogP contribution in [-0.2, 0) is 14.3 Å². The van der Waals surface area contributed by atoms with E-state index in [0.29, 0.717) is 37.9 Å². The Bertz CT molecular complexity index is 548. The highest BCUT2D eigenvalue weighted by atomic mass is 35.5. The van der Waals surface area contributed by atoms with Crippen LogP contribution in [0.4, 0.5) is 0 Å². The maximum absolute atomic E-state index is 12.7. The molecule has 126 valence electrons. The minimum Gasteiger partial charge on any atom is -0.381 e. The molecule has 2 aliphatic heterocycles. The molecule has 2 saturated heterocycles. The van der Waals surface area contributed by atoms with E-state index >= 15 is 0 Å². The van der Waals surface area contributed by atoms with Crippen molar-refractivity contribution in [3.05, 3.63) is 34.9 Å². The van der Waals surface area contributed by atoms with Crippen molar-refractivity contribution < 1.29 is 14.3 Å². The van der Waals surface area contributed by atoms with E-state index in [-0.39, 0.29) is 17.9 Å². The summed E-state index contributed by atoms with van der Waals surface area (Å²) in [6.45, 7) is 2.96. The monoisotopic (exact) mass is 338 g/mol. The summed E-state index contributed by atoms with van der Waals surface area (Å²) in [5.74, 6) is 0.218. The van der Waals surface area contributed by atoms with Crippen molar-refractivity contribution in [3.8, 4) is 0 Å². The van der Waals surface area contributed by atoms with Crippen LogP contribution in [0, 0.1) is 5.92 Å². The van der Waals surface area contributed by atoms with Gasteiger partial charge in [0, 0.05) is 30.3 Å². The molecular formula is C17H23ClN2O3. The maximum Gasteiger partial charge on any atom is 0.239 e. The molecule has 0 bridgehead atoms. The molecule has 2 atom stereocenters. The number of rotatable bonds is 3. The molecule has 2 fully saturated rings. The van der Waals surface area contributed by atoms with Gasteiger partial charge in [0.15, 0.2) is 0 Å². The molecule has 6 heteroatoms. The zero-order valence-corrected chi connectivity index (χ0v) is 13.9. The van der Waals surface area contributed by atoms with Gasteiger partial charge < -0.3 is 20.1 Å². The minimum atomic E-state index is -0.455. The predicted molar refractivity (Wildman–Crippen MR) is 88.2 cm³/mol. The molecule has 5 nitrogen and oxygen atoms in total. The third kappa shape index (κ3) is 3.86. The highest BCUT2D eigenvalue weighted by Crippen LogP contribution is 2.29. The molecule has 23 heavy (non-hydrogen) atoms. The number of hydrogen-bond acceptors (Lipinski definition) is 4. The van der Waals surface area contributed by atoms with E-state index in [0.717, 1.165) is 18.4 Å². The number of morpholine rings is 1. The van der Waals surface area contributed by atoms with Gasteiger partial charge >= 0.3 is 0 Å². The zero-order chi connectivity index (χ0) is 16.2. The second-order valence-corrected chi connectivity index (χ2v) is 6.55. The van der Waals surface area contributed by atoms with Crippen molar-refractivity contribution in [1.29, 1.82) is 0 Å². The summed E-state index contributed by atoms with van der Waals surface area (Å²) in [7, 11) is 0. The van der Waals surface area contributed by atoms with E-state index < -0.39 is 6.04 Å². The molecule has 0 spiro atoms. The van der Waals surface area contributed by atoms with Crippen LogP contribution in [0.1, 0.15) is 24.5 Å². The molecule has 2 N–H and O–H groups in total. The van der Waals surface area contributed by atoms with Crippen LogP contribution in [-0.4, -0.2) is 49.8 Å². The fraction of sp³-hybridized carbons (Fsp3) is 0.588. The van der Waals surface area contributed by atoms with Gasteiger partial charge in [0.1, 0.15) is 6.10 Å².